The second-order valence-electron chi connectivity index (χ2n) is 6.80. The highest BCUT2D eigenvalue weighted by Crippen LogP contribution is 2.20. The van der Waals surface area contributed by atoms with Crippen molar-refractivity contribution in [2.75, 3.05) is 0 Å². The maximum Gasteiger partial charge on any atom is 0.119 e. The number of phenolic OH excluding ortho intramolecular Hbond substituents is 1. The summed E-state index contributed by atoms with van der Waals surface area (Å²) in [6.07, 6.45) is 12.2. The van der Waals surface area contributed by atoms with Gasteiger partial charge in [-0.25, -0.2) is 0 Å². The average Bonchev–Trinajstić information content (AvgIpc) is 2.46. The number of hydrogen-bond donors (Lipinski definition) is 1. The van der Waals surface area contributed by atoms with Crippen LogP contribution in [0.5, 0.6) is 5.75 Å². The van der Waals surface area contributed by atoms with Gasteiger partial charge in [-0.15, -0.1) is 0 Å². The normalized spacial score (nSPS) is 12.4. The molecule has 0 radical (unpaired) electrons. The van der Waals surface area contributed by atoms with Crippen LogP contribution in [0.3, 0.4) is 0 Å². The fourth-order valence-electron chi connectivity index (χ4n) is 2.47. The van der Waals surface area contributed by atoms with Crippen LogP contribution in [0.2, 0.25) is 0 Å². The number of rotatable bonds is 8. The summed E-state index contributed by atoms with van der Waals surface area (Å²) in [5.74, 6) is 0.407. The molecule has 0 amide bonds. The molecule has 0 aliphatic carbocycles. The molecule has 1 nitrogen and oxygen atoms in total. The third kappa shape index (κ3) is 8.44. The number of aromatic hydroxyl groups is 1. The molecule has 0 unspecified atom stereocenters. The molecule has 0 atom stereocenters. The summed E-state index contributed by atoms with van der Waals surface area (Å²) in [7, 11) is 0. The van der Waals surface area contributed by atoms with E-state index in [1.807, 2.05) is 19.1 Å². The first-order chi connectivity index (χ1) is 10.9. The Bertz CT molecular complexity index is 584. The molecule has 1 aromatic carbocycles. The highest BCUT2D eigenvalue weighted by Gasteiger charge is 1.99. The van der Waals surface area contributed by atoms with E-state index in [-0.39, 0.29) is 0 Å². The van der Waals surface area contributed by atoms with Crippen LogP contribution in [-0.4, -0.2) is 5.11 Å². The van der Waals surface area contributed by atoms with Crippen LogP contribution in [-0.2, 0) is 6.42 Å². The molecule has 1 rings (SSSR count). The molecule has 1 N–H and O–H groups in total. The highest BCUT2D eigenvalue weighted by atomic mass is 16.3. The zero-order valence-electron chi connectivity index (χ0n) is 15.4. The number of benzene rings is 1. The van der Waals surface area contributed by atoms with Gasteiger partial charge >= 0.3 is 0 Å². The van der Waals surface area contributed by atoms with E-state index in [0.29, 0.717) is 5.75 Å². The SMILES string of the molecule is CC(C)=CCC/C(C)=C/CC/C(C)=C/Cc1ccc(C)cc1O. The van der Waals surface area contributed by atoms with Gasteiger partial charge in [-0.1, -0.05) is 47.1 Å². The van der Waals surface area contributed by atoms with Gasteiger partial charge in [-0.2, -0.15) is 0 Å². The molecule has 0 aliphatic rings. The number of phenols is 1. The lowest BCUT2D eigenvalue weighted by atomic mass is 10.0. The minimum absolute atomic E-state index is 0.407. The van der Waals surface area contributed by atoms with Gasteiger partial charge in [0.05, 0.1) is 0 Å². The molecule has 0 aliphatic heterocycles. The van der Waals surface area contributed by atoms with Crippen molar-refractivity contribution in [1.29, 1.82) is 0 Å². The van der Waals surface area contributed by atoms with E-state index in [0.717, 1.165) is 43.2 Å². The first kappa shape index (κ1) is 19.3. The topological polar surface area (TPSA) is 20.2 Å². The first-order valence-electron chi connectivity index (χ1n) is 8.61. The summed E-state index contributed by atoms with van der Waals surface area (Å²) < 4.78 is 0. The maximum absolute atomic E-state index is 9.93. The van der Waals surface area contributed by atoms with Gasteiger partial charge in [0.25, 0.3) is 0 Å². The summed E-state index contributed by atoms with van der Waals surface area (Å²) in [6.45, 7) is 10.7. The van der Waals surface area contributed by atoms with E-state index in [1.54, 1.807) is 0 Å². The fourth-order valence-corrected chi connectivity index (χ4v) is 2.47. The van der Waals surface area contributed by atoms with Gasteiger partial charge < -0.3 is 5.11 Å². The number of allylic oxidation sites excluding steroid dienone is 6. The number of aryl methyl sites for hydroxylation is 1. The zero-order valence-corrected chi connectivity index (χ0v) is 15.4. The van der Waals surface area contributed by atoms with E-state index < -0.39 is 0 Å². The average molecular weight is 312 g/mol. The van der Waals surface area contributed by atoms with Gasteiger partial charge in [0.15, 0.2) is 0 Å². The van der Waals surface area contributed by atoms with Gasteiger partial charge in [0.1, 0.15) is 5.75 Å². The van der Waals surface area contributed by atoms with Crippen molar-refractivity contribution < 1.29 is 5.11 Å². The van der Waals surface area contributed by atoms with Crippen molar-refractivity contribution in [2.24, 2.45) is 0 Å². The molecular formula is C22H32O. The Morgan fingerprint density at radius 1 is 0.913 bits per heavy atom. The van der Waals surface area contributed by atoms with Crippen LogP contribution in [0.4, 0.5) is 0 Å². The second-order valence-corrected chi connectivity index (χ2v) is 6.80. The Morgan fingerprint density at radius 2 is 1.52 bits per heavy atom. The third-order valence-corrected chi connectivity index (χ3v) is 4.03. The van der Waals surface area contributed by atoms with Crippen LogP contribution in [0.25, 0.3) is 0 Å². The van der Waals surface area contributed by atoms with Crippen molar-refractivity contribution in [3.05, 3.63) is 64.3 Å². The van der Waals surface area contributed by atoms with Gasteiger partial charge in [0.2, 0.25) is 0 Å². The molecule has 0 saturated carbocycles. The lowest BCUT2D eigenvalue weighted by Gasteiger charge is -2.04. The first-order valence-corrected chi connectivity index (χ1v) is 8.61. The lowest BCUT2D eigenvalue weighted by Crippen LogP contribution is -1.86. The predicted molar refractivity (Wildman–Crippen MR) is 102 cm³/mol. The van der Waals surface area contributed by atoms with Gasteiger partial charge in [0, 0.05) is 0 Å². The minimum atomic E-state index is 0.407. The van der Waals surface area contributed by atoms with Crippen LogP contribution in [0.15, 0.2) is 53.1 Å². The zero-order chi connectivity index (χ0) is 17.2. The Labute approximate surface area is 142 Å². The van der Waals surface area contributed by atoms with Crippen LogP contribution in [0.1, 0.15) is 64.5 Å². The molecule has 0 aromatic heterocycles. The molecule has 0 spiro atoms. The van der Waals surface area contributed by atoms with Crippen LogP contribution < -0.4 is 0 Å². The summed E-state index contributed by atoms with van der Waals surface area (Å²) in [6, 6.07) is 5.90. The minimum Gasteiger partial charge on any atom is -0.508 e. The van der Waals surface area contributed by atoms with Gasteiger partial charge in [-0.3, -0.25) is 0 Å². The van der Waals surface area contributed by atoms with Crippen molar-refractivity contribution in [3.63, 3.8) is 0 Å². The van der Waals surface area contributed by atoms with E-state index in [4.69, 9.17) is 0 Å². The Hall–Kier alpha value is -1.76. The van der Waals surface area contributed by atoms with E-state index >= 15 is 0 Å². The van der Waals surface area contributed by atoms with Crippen molar-refractivity contribution >= 4 is 0 Å². The van der Waals surface area contributed by atoms with E-state index in [9.17, 15) is 5.11 Å². The largest absolute Gasteiger partial charge is 0.508 e. The molecule has 0 fully saturated rings. The molecule has 1 heteroatoms. The Kier molecular flexibility index (Phi) is 8.47. The monoisotopic (exact) mass is 312 g/mol. The van der Waals surface area contributed by atoms with Crippen molar-refractivity contribution in [2.45, 2.75) is 66.7 Å². The lowest BCUT2D eigenvalue weighted by molar-refractivity contribution is 0.469. The summed E-state index contributed by atoms with van der Waals surface area (Å²) in [5, 5.41) is 9.93. The van der Waals surface area contributed by atoms with E-state index in [2.05, 4.69) is 52.0 Å². The van der Waals surface area contributed by atoms with Crippen LogP contribution >= 0.6 is 0 Å². The van der Waals surface area contributed by atoms with E-state index in [1.165, 1.54) is 16.7 Å². The summed E-state index contributed by atoms with van der Waals surface area (Å²) >= 11 is 0. The molecular weight excluding hydrogens is 280 g/mol. The number of hydrogen-bond acceptors (Lipinski definition) is 1. The second kappa shape index (κ2) is 10.1. The molecule has 0 heterocycles. The molecule has 23 heavy (non-hydrogen) atoms. The van der Waals surface area contributed by atoms with Crippen molar-refractivity contribution in [3.8, 4) is 5.75 Å². The van der Waals surface area contributed by atoms with Crippen molar-refractivity contribution in [1.82, 2.24) is 0 Å². The smallest absolute Gasteiger partial charge is 0.119 e. The summed E-state index contributed by atoms with van der Waals surface area (Å²) in [5.41, 5.74) is 6.37. The Balaban J connectivity index is 2.40. The maximum atomic E-state index is 9.93. The summed E-state index contributed by atoms with van der Waals surface area (Å²) in [4.78, 5) is 0. The predicted octanol–water partition coefficient (Wildman–Crippen LogP) is 6.66. The van der Waals surface area contributed by atoms with Gasteiger partial charge in [-0.05, 0) is 83.9 Å². The fraction of sp³-hybridized carbons (Fsp3) is 0.455. The Morgan fingerprint density at radius 3 is 2.13 bits per heavy atom. The third-order valence-electron chi connectivity index (χ3n) is 4.03. The van der Waals surface area contributed by atoms with Crippen LogP contribution in [0, 0.1) is 6.92 Å². The highest BCUT2D eigenvalue weighted by molar-refractivity contribution is 5.37. The molecule has 1 aromatic rings. The molecule has 126 valence electrons. The quantitative estimate of drug-likeness (QED) is 0.532. The molecule has 0 bridgehead atoms. The molecule has 0 saturated heterocycles. The standard InChI is InChI=1S/C22H32O/c1-17(2)8-6-9-18(3)10-7-11-19(4)12-14-21-15-13-20(5)16-22(21)23/h8,10,12-13,15-16,23H,6-7,9,11,14H2,1-5H3/b18-10+,19-12+.